The summed E-state index contributed by atoms with van der Waals surface area (Å²) in [6, 6.07) is 0. The number of methoxy groups -OCH3 is 3. The van der Waals surface area contributed by atoms with Gasteiger partial charge in [0.15, 0.2) is 11.5 Å². The fourth-order valence-electron chi connectivity index (χ4n) is 5.89. The van der Waals surface area contributed by atoms with Crippen LogP contribution < -0.4 is 14.2 Å². The minimum atomic E-state index is -0.203. The minimum absolute atomic E-state index is 0.203. The second-order valence-corrected chi connectivity index (χ2v) is 11.2. The van der Waals surface area contributed by atoms with E-state index < -0.39 is 0 Å². The Bertz CT molecular complexity index is 777. The van der Waals surface area contributed by atoms with Gasteiger partial charge in [0.2, 0.25) is 0 Å². The van der Waals surface area contributed by atoms with Crippen LogP contribution in [0.15, 0.2) is 4.47 Å². The van der Waals surface area contributed by atoms with Crippen molar-refractivity contribution < 1.29 is 18.9 Å². The van der Waals surface area contributed by atoms with Crippen LogP contribution in [0.5, 0.6) is 17.2 Å². The monoisotopic (exact) mass is 546 g/mol. The number of hydrogen-bond donors (Lipinski definition) is 0. The van der Waals surface area contributed by atoms with Crippen molar-refractivity contribution in [2.24, 2.45) is 11.3 Å². The summed E-state index contributed by atoms with van der Waals surface area (Å²) in [5.41, 5.74) is 2.15. The van der Waals surface area contributed by atoms with Crippen LogP contribution in [0, 0.1) is 11.3 Å². The summed E-state index contributed by atoms with van der Waals surface area (Å²) in [7, 11) is 5.15. The molecule has 0 amide bonds. The van der Waals surface area contributed by atoms with Crippen molar-refractivity contribution in [2.75, 3.05) is 26.7 Å². The molecular formula is C24H36Br2O4. The van der Waals surface area contributed by atoms with Crippen LogP contribution in [0.2, 0.25) is 0 Å². The largest absolute Gasteiger partial charge is 0.495 e. The molecule has 30 heavy (non-hydrogen) atoms. The molecule has 1 saturated heterocycles. The van der Waals surface area contributed by atoms with E-state index in [-0.39, 0.29) is 23.0 Å². The lowest BCUT2D eigenvalue weighted by Crippen LogP contribution is -2.48. The average molecular weight is 548 g/mol. The topological polar surface area (TPSA) is 36.9 Å². The number of fused-ring (bicyclic) bond motifs is 1. The van der Waals surface area contributed by atoms with Gasteiger partial charge in [-0.15, -0.1) is 0 Å². The van der Waals surface area contributed by atoms with Gasteiger partial charge in [-0.3, -0.25) is 0 Å². The normalized spacial score (nSPS) is 27.8. The van der Waals surface area contributed by atoms with Crippen LogP contribution >= 0.6 is 31.9 Å². The van der Waals surface area contributed by atoms with E-state index in [1.165, 1.54) is 12.8 Å². The van der Waals surface area contributed by atoms with Crippen molar-refractivity contribution in [2.45, 2.75) is 77.4 Å². The van der Waals surface area contributed by atoms with Gasteiger partial charge in [-0.2, -0.15) is 0 Å². The Morgan fingerprint density at radius 1 is 1.03 bits per heavy atom. The SMILES string of the molecule is COc1c(C[C@@]23CCCC(C)(C)[C@@H]2CC(CBr)O3)c(Br)c(OC)c(C(C)C)c1OC. The smallest absolute Gasteiger partial charge is 0.168 e. The molecule has 0 N–H and O–H groups in total. The summed E-state index contributed by atoms with van der Waals surface area (Å²) >= 11 is 7.54. The third kappa shape index (κ3) is 4.01. The summed E-state index contributed by atoms with van der Waals surface area (Å²) in [6.07, 6.45) is 5.61. The maximum atomic E-state index is 6.82. The molecule has 1 aliphatic carbocycles. The Morgan fingerprint density at radius 3 is 2.20 bits per heavy atom. The molecule has 2 aliphatic rings. The number of ether oxygens (including phenoxy) is 4. The van der Waals surface area contributed by atoms with E-state index in [9.17, 15) is 0 Å². The molecule has 3 rings (SSSR count). The highest BCUT2D eigenvalue weighted by Gasteiger charge is 2.56. The zero-order valence-corrected chi connectivity index (χ0v) is 22.5. The molecule has 0 aromatic heterocycles. The van der Waals surface area contributed by atoms with Gasteiger partial charge in [0.1, 0.15) is 5.75 Å². The Labute approximate surface area is 198 Å². The number of benzene rings is 1. The summed E-state index contributed by atoms with van der Waals surface area (Å²) < 4.78 is 25.5. The average Bonchev–Trinajstić information content (AvgIpc) is 3.08. The Balaban J connectivity index is 2.18. The Kier molecular flexibility index (Phi) is 7.41. The molecule has 170 valence electrons. The predicted octanol–water partition coefficient (Wildman–Crippen LogP) is 6.89. The lowest BCUT2D eigenvalue weighted by atomic mass is 9.59. The summed E-state index contributed by atoms with van der Waals surface area (Å²) in [5, 5.41) is 0.874. The number of rotatable bonds is 7. The molecule has 1 aromatic carbocycles. The first-order valence-corrected chi connectivity index (χ1v) is 12.8. The van der Waals surface area contributed by atoms with Gasteiger partial charge in [-0.05, 0) is 52.4 Å². The van der Waals surface area contributed by atoms with E-state index in [2.05, 4.69) is 59.6 Å². The first-order chi connectivity index (χ1) is 14.2. The van der Waals surface area contributed by atoms with E-state index in [0.29, 0.717) is 5.92 Å². The van der Waals surface area contributed by atoms with Gasteiger partial charge in [0.25, 0.3) is 0 Å². The Morgan fingerprint density at radius 2 is 1.67 bits per heavy atom. The maximum absolute atomic E-state index is 6.82. The zero-order valence-electron chi connectivity index (χ0n) is 19.4. The molecule has 1 aromatic rings. The molecule has 6 heteroatoms. The van der Waals surface area contributed by atoms with Crippen LogP contribution in [0.1, 0.15) is 70.4 Å². The second-order valence-electron chi connectivity index (χ2n) is 9.73. The first kappa shape index (κ1) is 24.2. The quantitative estimate of drug-likeness (QED) is 0.348. The highest BCUT2D eigenvalue weighted by atomic mass is 79.9. The van der Waals surface area contributed by atoms with E-state index in [1.807, 2.05) is 0 Å². The zero-order chi connectivity index (χ0) is 22.3. The minimum Gasteiger partial charge on any atom is -0.495 e. The van der Waals surface area contributed by atoms with Gasteiger partial charge in [0.05, 0.1) is 37.5 Å². The summed E-state index contributed by atoms with van der Waals surface area (Å²) in [5.74, 6) is 3.11. The third-order valence-corrected chi connectivity index (χ3v) is 8.73. The van der Waals surface area contributed by atoms with Crippen LogP contribution in [0.25, 0.3) is 0 Å². The number of alkyl halides is 1. The van der Waals surface area contributed by atoms with Crippen molar-refractivity contribution >= 4 is 31.9 Å². The van der Waals surface area contributed by atoms with E-state index in [4.69, 9.17) is 18.9 Å². The molecule has 2 fully saturated rings. The first-order valence-electron chi connectivity index (χ1n) is 10.9. The van der Waals surface area contributed by atoms with Crippen molar-refractivity contribution in [1.29, 1.82) is 0 Å². The summed E-state index contributed by atoms with van der Waals surface area (Å²) in [6.45, 7) is 9.09. The standard InChI is InChI=1S/C24H36Br2O4/c1-14(2)18-21(28-6)19(26)16(20(27-5)22(18)29-7)12-24-10-8-9-23(3,4)17(24)11-15(13-25)30-24/h14-15,17H,8-13H2,1-7H3/t15?,17-,24-/m0/s1. The van der Waals surface area contributed by atoms with Crippen molar-refractivity contribution in [3.8, 4) is 17.2 Å². The van der Waals surface area contributed by atoms with E-state index in [0.717, 1.165) is 57.4 Å². The van der Waals surface area contributed by atoms with Gasteiger partial charge in [-0.1, -0.05) is 50.0 Å². The molecular weight excluding hydrogens is 512 g/mol. The van der Waals surface area contributed by atoms with E-state index >= 15 is 0 Å². The molecule has 1 aliphatic heterocycles. The highest BCUT2D eigenvalue weighted by molar-refractivity contribution is 9.10. The molecule has 1 unspecified atom stereocenters. The van der Waals surface area contributed by atoms with Gasteiger partial charge < -0.3 is 18.9 Å². The molecule has 0 spiro atoms. The lowest BCUT2D eigenvalue weighted by Gasteiger charge is -2.48. The lowest BCUT2D eigenvalue weighted by molar-refractivity contribution is -0.1000. The molecule has 0 radical (unpaired) electrons. The van der Waals surface area contributed by atoms with Crippen LogP contribution in [-0.4, -0.2) is 38.4 Å². The fourth-order valence-corrected chi connectivity index (χ4v) is 6.98. The van der Waals surface area contributed by atoms with Crippen LogP contribution in [0.3, 0.4) is 0 Å². The Hall–Kier alpha value is -0.460. The number of hydrogen-bond acceptors (Lipinski definition) is 4. The van der Waals surface area contributed by atoms with Crippen LogP contribution in [-0.2, 0) is 11.2 Å². The predicted molar refractivity (Wildman–Crippen MR) is 129 cm³/mol. The number of halogens is 2. The molecule has 1 heterocycles. The van der Waals surface area contributed by atoms with Gasteiger partial charge >= 0.3 is 0 Å². The molecule has 3 atom stereocenters. The second kappa shape index (κ2) is 9.19. The van der Waals surface area contributed by atoms with Crippen molar-refractivity contribution in [3.05, 3.63) is 15.6 Å². The van der Waals surface area contributed by atoms with E-state index in [1.54, 1.807) is 21.3 Å². The molecule has 0 bridgehead atoms. The van der Waals surface area contributed by atoms with Crippen molar-refractivity contribution in [1.82, 2.24) is 0 Å². The van der Waals surface area contributed by atoms with Crippen LogP contribution in [0.4, 0.5) is 0 Å². The fraction of sp³-hybridized carbons (Fsp3) is 0.750. The van der Waals surface area contributed by atoms with Gasteiger partial charge in [0, 0.05) is 22.9 Å². The highest BCUT2D eigenvalue weighted by Crippen LogP contribution is 2.58. The molecule has 4 nitrogen and oxygen atoms in total. The molecule has 1 saturated carbocycles. The third-order valence-electron chi connectivity index (χ3n) is 7.17. The maximum Gasteiger partial charge on any atom is 0.168 e. The van der Waals surface area contributed by atoms with Crippen molar-refractivity contribution in [3.63, 3.8) is 0 Å². The van der Waals surface area contributed by atoms with Gasteiger partial charge in [-0.25, -0.2) is 0 Å². The summed E-state index contributed by atoms with van der Waals surface area (Å²) in [4.78, 5) is 0.